The second kappa shape index (κ2) is 6.92. The summed E-state index contributed by atoms with van der Waals surface area (Å²) in [6.07, 6.45) is 11.1. The summed E-state index contributed by atoms with van der Waals surface area (Å²) < 4.78 is 9.08. The lowest BCUT2D eigenvalue weighted by Gasteiger charge is -2.33. The number of hydrogen-bond donors (Lipinski definition) is 0. The van der Waals surface area contributed by atoms with Gasteiger partial charge in [0.1, 0.15) is 5.60 Å². The predicted molar refractivity (Wildman–Crippen MR) is 105 cm³/mol. The van der Waals surface area contributed by atoms with Crippen LogP contribution in [0, 0.1) is 0 Å². The van der Waals surface area contributed by atoms with Crippen molar-refractivity contribution < 1.29 is 9.53 Å². The number of amides is 1. The fraction of sp³-hybridized carbons (Fsp3) is 0.500. The minimum atomic E-state index is -0.466. The van der Waals surface area contributed by atoms with Crippen molar-refractivity contribution in [3.05, 3.63) is 36.5 Å². The first-order valence-corrected chi connectivity index (χ1v) is 9.60. The summed E-state index contributed by atoms with van der Waals surface area (Å²) in [5, 5.41) is 8.72. The normalized spacial score (nSPS) is 15.9. The third-order valence-corrected chi connectivity index (χ3v) is 5.01. The standard InChI is InChI=1S/C20H26N6O2/c1-20(2,3)28-19(27)25-7-5-14(6-8-25)17-11-23-26-13-15(9-21-18(17)26)16-10-22-24(4)12-16/h9-14H,5-8H2,1-4H3. The topological polar surface area (TPSA) is 77.5 Å². The summed E-state index contributed by atoms with van der Waals surface area (Å²) in [7, 11) is 1.89. The molecule has 0 spiro atoms. The molecule has 0 unspecified atom stereocenters. The van der Waals surface area contributed by atoms with Crippen molar-refractivity contribution in [3.8, 4) is 11.1 Å². The fourth-order valence-corrected chi connectivity index (χ4v) is 3.60. The van der Waals surface area contributed by atoms with Crippen LogP contribution in [0.2, 0.25) is 0 Å². The van der Waals surface area contributed by atoms with E-state index in [4.69, 9.17) is 4.74 Å². The van der Waals surface area contributed by atoms with Crippen LogP contribution in [-0.4, -0.2) is 54.1 Å². The van der Waals surface area contributed by atoms with E-state index in [-0.39, 0.29) is 6.09 Å². The maximum absolute atomic E-state index is 12.3. The molecule has 8 heteroatoms. The van der Waals surface area contributed by atoms with Crippen LogP contribution in [0.1, 0.15) is 45.1 Å². The van der Waals surface area contributed by atoms with Crippen molar-refractivity contribution >= 4 is 11.7 Å². The van der Waals surface area contributed by atoms with Crippen LogP contribution in [0.25, 0.3) is 16.8 Å². The highest BCUT2D eigenvalue weighted by molar-refractivity contribution is 5.68. The number of nitrogens with zero attached hydrogens (tertiary/aromatic N) is 6. The Balaban J connectivity index is 1.48. The molecule has 4 rings (SSSR count). The number of carbonyl (C=O) groups is 1. The van der Waals surface area contributed by atoms with E-state index in [1.165, 1.54) is 0 Å². The van der Waals surface area contributed by atoms with Gasteiger partial charge in [0, 0.05) is 55.4 Å². The van der Waals surface area contributed by atoms with Crippen LogP contribution in [0.4, 0.5) is 4.79 Å². The SMILES string of the molecule is Cn1cc(-c2cnc3c(C4CCN(C(=O)OC(C)(C)C)CC4)cnn3c2)cn1. The monoisotopic (exact) mass is 382 g/mol. The van der Waals surface area contributed by atoms with Crippen molar-refractivity contribution in [2.75, 3.05) is 13.1 Å². The van der Waals surface area contributed by atoms with Crippen molar-refractivity contribution in [2.45, 2.75) is 45.1 Å². The van der Waals surface area contributed by atoms with Gasteiger partial charge in [-0.2, -0.15) is 10.2 Å². The molecule has 0 radical (unpaired) electrons. The number of aromatic nitrogens is 5. The highest BCUT2D eigenvalue weighted by Crippen LogP contribution is 2.31. The van der Waals surface area contributed by atoms with Gasteiger partial charge in [-0.25, -0.2) is 14.3 Å². The Kier molecular flexibility index (Phi) is 4.56. The van der Waals surface area contributed by atoms with Gasteiger partial charge in [0.2, 0.25) is 0 Å². The molecule has 28 heavy (non-hydrogen) atoms. The molecule has 3 aromatic heterocycles. The molecule has 1 amide bonds. The summed E-state index contributed by atoms with van der Waals surface area (Å²) in [6.45, 7) is 7.04. The summed E-state index contributed by atoms with van der Waals surface area (Å²) in [5.74, 6) is 0.341. The van der Waals surface area contributed by atoms with Gasteiger partial charge >= 0.3 is 6.09 Å². The van der Waals surface area contributed by atoms with Gasteiger partial charge in [0.25, 0.3) is 0 Å². The van der Waals surface area contributed by atoms with Crippen molar-refractivity contribution in [2.24, 2.45) is 7.05 Å². The lowest BCUT2D eigenvalue weighted by atomic mass is 9.91. The van der Waals surface area contributed by atoms with Crippen molar-refractivity contribution in [3.63, 3.8) is 0 Å². The van der Waals surface area contributed by atoms with Gasteiger partial charge < -0.3 is 9.64 Å². The van der Waals surface area contributed by atoms with Gasteiger partial charge in [0.05, 0.1) is 12.4 Å². The van der Waals surface area contributed by atoms with E-state index < -0.39 is 5.60 Å². The predicted octanol–water partition coefficient (Wildman–Crippen LogP) is 3.24. The number of likely N-dealkylation sites (tertiary alicyclic amines) is 1. The largest absolute Gasteiger partial charge is 0.444 e. The molecular weight excluding hydrogens is 356 g/mol. The molecule has 1 aliphatic heterocycles. The van der Waals surface area contributed by atoms with Gasteiger partial charge in [-0.1, -0.05) is 0 Å². The number of aryl methyl sites for hydroxylation is 1. The zero-order chi connectivity index (χ0) is 19.9. The lowest BCUT2D eigenvalue weighted by molar-refractivity contribution is 0.0205. The van der Waals surface area contributed by atoms with E-state index in [2.05, 4.69) is 15.2 Å². The smallest absolute Gasteiger partial charge is 0.410 e. The maximum Gasteiger partial charge on any atom is 0.410 e. The maximum atomic E-state index is 12.3. The molecular formula is C20H26N6O2. The Labute approximate surface area is 164 Å². The lowest BCUT2D eigenvalue weighted by Crippen LogP contribution is -2.41. The average Bonchev–Trinajstić information content (AvgIpc) is 3.26. The summed E-state index contributed by atoms with van der Waals surface area (Å²) in [6, 6.07) is 0. The molecule has 0 atom stereocenters. The molecule has 0 saturated carbocycles. The highest BCUT2D eigenvalue weighted by atomic mass is 16.6. The van der Waals surface area contributed by atoms with Crippen LogP contribution in [0.3, 0.4) is 0 Å². The number of carbonyl (C=O) groups excluding carboxylic acids is 1. The van der Waals surface area contributed by atoms with Crippen LogP contribution in [0.15, 0.2) is 31.0 Å². The molecule has 0 N–H and O–H groups in total. The second-order valence-electron chi connectivity index (χ2n) is 8.36. The molecule has 0 aliphatic carbocycles. The van der Waals surface area contributed by atoms with Crippen LogP contribution < -0.4 is 0 Å². The molecule has 1 saturated heterocycles. The minimum absolute atomic E-state index is 0.231. The van der Waals surface area contributed by atoms with E-state index in [1.807, 2.05) is 63.3 Å². The molecule has 0 bridgehead atoms. The molecule has 1 aliphatic rings. The first-order chi connectivity index (χ1) is 13.3. The number of rotatable bonds is 2. The minimum Gasteiger partial charge on any atom is -0.444 e. The molecule has 4 heterocycles. The Bertz CT molecular complexity index is 992. The molecule has 148 valence electrons. The first kappa shape index (κ1) is 18.5. The van der Waals surface area contributed by atoms with E-state index >= 15 is 0 Å². The van der Waals surface area contributed by atoms with Gasteiger partial charge in [-0.05, 0) is 39.5 Å². The quantitative estimate of drug-likeness (QED) is 0.680. The highest BCUT2D eigenvalue weighted by Gasteiger charge is 2.29. The third kappa shape index (κ3) is 3.72. The molecule has 8 nitrogen and oxygen atoms in total. The third-order valence-electron chi connectivity index (χ3n) is 5.01. The van der Waals surface area contributed by atoms with Gasteiger partial charge in [0.15, 0.2) is 5.65 Å². The van der Waals surface area contributed by atoms with E-state index in [0.29, 0.717) is 19.0 Å². The van der Waals surface area contributed by atoms with E-state index in [9.17, 15) is 4.79 Å². The van der Waals surface area contributed by atoms with Crippen LogP contribution in [0.5, 0.6) is 0 Å². The summed E-state index contributed by atoms with van der Waals surface area (Å²) >= 11 is 0. The Morgan fingerprint density at radius 1 is 1.07 bits per heavy atom. The Morgan fingerprint density at radius 2 is 1.79 bits per heavy atom. The van der Waals surface area contributed by atoms with Crippen LogP contribution in [-0.2, 0) is 11.8 Å². The van der Waals surface area contributed by atoms with E-state index in [1.54, 1.807) is 9.58 Å². The molecule has 1 fully saturated rings. The Hall–Kier alpha value is -2.90. The van der Waals surface area contributed by atoms with Crippen LogP contribution >= 0.6 is 0 Å². The van der Waals surface area contributed by atoms with E-state index in [0.717, 1.165) is 35.2 Å². The fourth-order valence-electron chi connectivity index (χ4n) is 3.60. The van der Waals surface area contributed by atoms with Crippen molar-refractivity contribution in [1.29, 1.82) is 0 Å². The van der Waals surface area contributed by atoms with Gasteiger partial charge in [-0.3, -0.25) is 4.68 Å². The van der Waals surface area contributed by atoms with Crippen molar-refractivity contribution in [1.82, 2.24) is 29.3 Å². The number of piperidine rings is 1. The average molecular weight is 382 g/mol. The number of hydrogen-bond acceptors (Lipinski definition) is 5. The summed E-state index contributed by atoms with van der Waals surface area (Å²) in [5.41, 5.74) is 3.55. The molecule has 3 aromatic rings. The first-order valence-electron chi connectivity index (χ1n) is 9.60. The second-order valence-corrected chi connectivity index (χ2v) is 8.36. The van der Waals surface area contributed by atoms with Gasteiger partial charge in [-0.15, -0.1) is 0 Å². The Morgan fingerprint density at radius 3 is 2.43 bits per heavy atom. The zero-order valence-electron chi connectivity index (χ0n) is 16.8. The summed E-state index contributed by atoms with van der Waals surface area (Å²) in [4.78, 5) is 18.7. The number of fused-ring (bicyclic) bond motifs is 1. The number of ether oxygens (including phenoxy) is 1. The zero-order valence-corrected chi connectivity index (χ0v) is 16.8. The molecule has 0 aromatic carbocycles.